The van der Waals surface area contributed by atoms with E-state index >= 15 is 0 Å². The van der Waals surface area contributed by atoms with Crippen molar-refractivity contribution in [2.24, 2.45) is 5.92 Å². The summed E-state index contributed by atoms with van der Waals surface area (Å²) in [4.78, 5) is 20.6. The molecule has 1 N–H and O–H groups in total. The average molecular weight is 290 g/mol. The highest BCUT2D eigenvalue weighted by Gasteiger charge is 2.19. The van der Waals surface area contributed by atoms with Crippen molar-refractivity contribution in [2.75, 3.05) is 45.1 Å². The van der Waals surface area contributed by atoms with Crippen LogP contribution in [0.3, 0.4) is 0 Å². The molecule has 0 saturated carbocycles. The molecular weight excluding hydrogens is 264 g/mol. The standard InChI is InChI=1S/C16H26N4O/c1-4-20(5-2)16(21)15-10-14(6-8-17-15)18-11-13-7-9-19(3)12-13/h6,8,10,13H,4-5,7,9,11-12H2,1-3H3,(H,17,18). The summed E-state index contributed by atoms with van der Waals surface area (Å²) < 4.78 is 0. The molecule has 0 spiro atoms. The minimum atomic E-state index is 0.00393. The van der Waals surface area contributed by atoms with Crippen LogP contribution in [-0.4, -0.2) is 60.5 Å². The molecule has 116 valence electrons. The van der Waals surface area contributed by atoms with E-state index < -0.39 is 0 Å². The van der Waals surface area contributed by atoms with Crippen LogP contribution in [0.1, 0.15) is 30.8 Å². The van der Waals surface area contributed by atoms with Gasteiger partial charge in [0, 0.05) is 38.1 Å². The zero-order valence-electron chi connectivity index (χ0n) is 13.3. The van der Waals surface area contributed by atoms with Crippen LogP contribution in [0.5, 0.6) is 0 Å². The van der Waals surface area contributed by atoms with Gasteiger partial charge in [-0.2, -0.15) is 0 Å². The third-order valence-corrected chi connectivity index (χ3v) is 4.11. The Bertz CT molecular complexity index is 473. The number of anilines is 1. The number of carbonyl (C=O) groups is 1. The van der Waals surface area contributed by atoms with Crippen LogP contribution in [0.4, 0.5) is 5.69 Å². The zero-order chi connectivity index (χ0) is 15.2. The van der Waals surface area contributed by atoms with E-state index in [4.69, 9.17) is 0 Å². The molecule has 2 rings (SSSR count). The average Bonchev–Trinajstić information content (AvgIpc) is 2.92. The topological polar surface area (TPSA) is 48.5 Å². The van der Waals surface area contributed by atoms with Gasteiger partial charge in [-0.15, -0.1) is 0 Å². The highest BCUT2D eigenvalue weighted by atomic mass is 16.2. The normalized spacial score (nSPS) is 18.7. The van der Waals surface area contributed by atoms with E-state index in [-0.39, 0.29) is 5.91 Å². The van der Waals surface area contributed by atoms with Crippen LogP contribution in [0, 0.1) is 5.92 Å². The van der Waals surface area contributed by atoms with Gasteiger partial charge in [-0.25, -0.2) is 0 Å². The fourth-order valence-electron chi connectivity index (χ4n) is 2.79. The van der Waals surface area contributed by atoms with Crippen LogP contribution in [0.2, 0.25) is 0 Å². The summed E-state index contributed by atoms with van der Waals surface area (Å²) in [5.74, 6) is 0.689. The van der Waals surface area contributed by atoms with Crippen LogP contribution in [0.25, 0.3) is 0 Å². The Balaban J connectivity index is 1.95. The molecule has 1 saturated heterocycles. The lowest BCUT2D eigenvalue weighted by Crippen LogP contribution is -2.31. The Hall–Kier alpha value is -1.62. The summed E-state index contributed by atoms with van der Waals surface area (Å²) in [6, 6.07) is 3.79. The van der Waals surface area contributed by atoms with E-state index in [0.29, 0.717) is 24.7 Å². The molecule has 5 heteroatoms. The minimum Gasteiger partial charge on any atom is -0.385 e. The molecule has 0 aromatic carbocycles. The molecule has 1 fully saturated rings. The Labute approximate surface area is 127 Å². The molecule has 1 aliphatic heterocycles. The first-order valence-corrected chi connectivity index (χ1v) is 7.81. The second-order valence-corrected chi connectivity index (χ2v) is 5.71. The van der Waals surface area contributed by atoms with Crippen LogP contribution >= 0.6 is 0 Å². The molecule has 2 heterocycles. The molecule has 0 radical (unpaired) electrons. The van der Waals surface area contributed by atoms with Crippen LogP contribution < -0.4 is 5.32 Å². The van der Waals surface area contributed by atoms with Crippen molar-refractivity contribution >= 4 is 11.6 Å². The van der Waals surface area contributed by atoms with Crippen molar-refractivity contribution in [3.63, 3.8) is 0 Å². The molecule has 1 unspecified atom stereocenters. The van der Waals surface area contributed by atoms with Gasteiger partial charge in [-0.3, -0.25) is 9.78 Å². The van der Waals surface area contributed by atoms with Crippen molar-refractivity contribution in [2.45, 2.75) is 20.3 Å². The smallest absolute Gasteiger partial charge is 0.272 e. The van der Waals surface area contributed by atoms with E-state index in [2.05, 4.69) is 22.2 Å². The highest BCUT2D eigenvalue weighted by Crippen LogP contribution is 2.16. The summed E-state index contributed by atoms with van der Waals surface area (Å²) in [6.45, 7) is 8.66. The molecular formula is C16H26N4O. The fraction of sp³-hybridized carbons (Fsp3) is 0.625. The first-order chi connectivity index (χ1) is 10.1. The fourth-order valence-corrected chi connectivity index (χ4v) is 2.79. The van der Waals surface area contributed by atoms with Crippen molar-refractivity contribution in [3.05, 3.63) is 24.0 Å². The number of likely N-dealkylation sites (tertiary alicyclic amines) is 1. The maximum atomic E-state index is 12.3. The van der Waals surface area contributed by atoms with Crippen molar-refractivity contribution in [3.8, 4) is 0 Å². The van der Waals surface area contributed by atoms with E-state index in [0.717, 1.165) is 18.8 Å². The van der Waals surface area contributed by atoms with E-state index in [1.54, 1.807) is 11.1 Å². The lowest BCUT2D eigenvalue weighted by atomic mass is 10.1. The first kappa shape index (κ1) is 15.8. The third-order valence-electron chi connectivity index (χ3n) is 4.11. The largest absolute Gasteiger partial charge is 0.385 e. The Morgan fingerprint density at radius 3 is 2.86 bits per heavy atom. The zero-order valence-corrected chi connectivity index (χ0v) is 13.3. The monoisotopic (exact) mass is 290 g/mol. The Morgan fingerprint density at radius 2 is 2.24 bits per heavy atom. The maximum absolute atomic E-state index is 12.3. The maximum Gasteiger partial charge on any atom is 0.272 e. The number of aromatic nitrogens is 1. The predicted molar refractivity (Wildman–Crippen MR) is 85.6 cm³/mol. The lowest BCUT2D eigenvalue weighted by molar-refractivity contribution is 0.0767. The lowest BCUT2D eigenvalue weighted by Gasteiger charge is -2.18. The number of nitrogens with one attached hydrogen (secondary N) is 1. The van der Waals surface area contributed by atoms with Crippen LogP contribution in [0.15, 0.2) is 18.3 Å². The highest BCUT2D eigenvalue weighted by molar-refractivity contribution is 5.93. The molecule has 1 aliphatic rings. The molecule has 1 amide bonds. The quantitative estimate of drug-likeness (QED) is 0.869. The number of hydrogen-bond acceptors (Lipinski definition) is 4. The Kier molecular flexibility index (Phi) is 5.56. The third kappa shape index (κ3) is 4.17. The van der Waals surface area contributed by atoms with Crippen molar-refractivity contribution in [1.29, 1.82) is 0 Å². The van der Waals surface area contributed by atoms with Gasteiger partial charge in [0.2, 0.25) is 0 Å². The first-order valence-electron chi connectivity index (χ1n) is 7.81. The number of rotatable bonds is 6. The summed E-state index contributed by atoms with van der Waals surface area (Å²) >= 11 is 0. The SMILES string of the molecule is CCN(CC)C(=O)c1cc(NCC2CCN(C)C2)ccn1. The minimum absolute atomic E-state index is 0.00393. The van der Waals surface area contributed by atoms with Gasteiger partial charge in [0.05, 0.1) is 0 Å². The van der Waals surface area contributed by atoms with Crippen LogP contribution in [-0.2, 0) is 0 Å². The molecule has 1 atom stereocenters. The summed E-state index contributed by atoms with van der Waals surface area (Å²) in [5.41, 5.74) is 1.50. The van der Waals surface area contributed by atoms with Gasteiger partial charge in [0.1, 0.15) is 5.69 Å². The van der Waals surface area contributed by atoms with Gasteiger partial charge >= 0.3 is 0 Å². The molecule has 1 aromatic heterocycles. The van der Waals surface area contributed by atoms with Crippen molar-refractivity contribution < 1.29 is 4.79 Å². The molecule has 21 heavy (non-hydrogen) atoms. The number of carbonyl (C=O) groups excluding carboxylic acids is 1. The number of amides is 1. The number of pyridine rings is 1. The molecule has 1 aromatic rings. The molecule has 5 nitrogen and oxygen atoms in total. The summed E-state index contributed by atoms with van der Waals surface area (Å²) in [6.07, 6.45) is 2.94. The van der Waals surface area contributed by atoms with Gasteiger partial charge < -0.3 is 15.1 Å². The molecule has 0 aliphatic carbocycles. The van der Waals surface area contributed by atoms with E-state index in [1.165, 1.54) is 13.0 Å². The number of hydrogen-bond donors (Lipinski definition) is 1. The van der Waals surface area contributed by atoms with Gasteiger partial charge in [-0.05, 0) is 51.9 Å². The number of nitrogens with zero attached hydrogens (tertiary/aromatic N) is 3. The van der Waals surface area contributed by atoms with E-state index in [9.17, 15) is 4.79 Å². The Morgan fingerprint density at radius 1 is 1.48 bits per heavy atom. The summed E-state index contributed by atoms with van der Waals surface area (Å²) in [7, 11) is 2.16. The van der Waals surface area contributed by atoms with Gasteiger partial charge in [0.25, 0.3) is 5.91 Å². The van der Waals surface area contributed by atoms with Crippen molar-refractivity contribution in [1.82, 2.24) is 14.8 Å². The molecule has 0 bridgehead atoms. The second kappa shape index (κ2) is 7.41. The second-order valence-electron chi connectivity index (χ2n) is 5.71. The van der Waals surface area contributed by atoms with E-state index in [1.807, 2.05) is 26.0 Å². The summed E-state index contributed by atoms with van der Waals surface area (Å²) in [5, 5.41) is 3.44. The predicted octanol–water partition coefficient (Wildman–Crippen LogP) is 1.93. The van der Waals surface area contributed by atoms with Gasteiger partial charge in [0.15, 0.2) is 0 Å². The van der Waals surface area contributed by atoms with Gasteiger partial charge in [-0.1, -0.05) is 0 Å².